The van der Waals surface area contributed by atoms with E-state index in [2.05, 4.69) is 61.0 Å². The van der Waals surface area contributed by atoms with Gasteiger partial charge in [0, 0.05) is 14.2 Å². The lowest BCUT2D eigenvalue weighted by atomic mass is 9.99. The number of hydrogen-bond acceptors (Lipinski definition) is 2. The zero-order valence-corrected chi connectivity index (χ0v) is 12.7. The van der Waals surface area contributed by atoms with Gasteiger partial charge in [-0.1, -0.05) is 22.0 Å². The van der Waals surface area contributed by atoms with Gasteiger partial charge in [-0.15, -0.1) is 11.3 Å². The van der Waals surface area contributed by atoms with E-state index in [4.69, 9.17) is 5.73 Å². The Morgan fingerprint density at radius 2 is 1.82 bits per heavy atom. The Kier molecular flexibility index (Phi) is 3.71. The van der Waals surface area contributed by atoms with Crippen LogP contribution >= 0.6 is 27.3 Å². The van der Waals surface area contributed by atoms with Gasteiger partial charge in [0.2, 0.25) is 0 Å². The van der Waals surface area contributed by atoms with Gasteiger partial charge in [-0.05, 0) is 55.7 Å². The van der Waals surface area contributed by atoms with Crippen molar-refractivity contribution in [1.82, 2.24) is 0 Å². The molecule has 0 bridgehead atoms. The van der Waals surface area contributed by atoms with E-state index in [-0.39, 0.29) is 6.04 Å². The van der Waals surface area contributed by atoms with Crippen molar-refractivity contribution in [3.05, 3.63) is 55.2 Å². The maximum absolute atomic E-state index is 6.38. The Labute approximate surface area is 115 Å². The number of nitrogens with two attached hydrogens (primary N) is 1. The Morgan fingerprint density at radius 3 is 2.35 bits per heavy atom. The van der Waals surface area contributed by atoms with Crippen molar-refractivity contribution in [2.75, 3.05) is 0 Å². The highest BCUT2D eigenvalue weighted by Crippen LogP contribution is 2.32. The second-order valence-corrected chi connectivity index (χ2v) is 6.59. The van der Waals surface area contributed by atoms with Crippen LogP contribution in [0.15, 0.2) is 28.7 Å². The first-order chi connectivity index (χ1) is 7.99. The fraction of sp³-hybridized carbons (Fsp3) is 0.286. The summed E-state index contributed by atoms with van der Waals surface area (Å²) in [5.74, 6) is 0. The number of thiophene rings is 1. The third-order valence-corrected chi connectivity index (χ3v) is 4.66. The number of benzene rings is 1. The molecule has 0 saturated carbocycles. The summed E-state index contributed by atoms with van der Waals surface area (Å²) in [6.07, 6.45) is 0. The first-order valence-electron chi connectivity index (χ1n) is 5.57. The molecule has 3 heteroatoms. The quantitative estimate of drug-likeness (QED) is 0.869. The van der Waals surface area contributed by atoms with Gasteiger partial charge in [-0.25, -0.2) is 0 Å². The van der Waals surface area contributed by atoms with Crippen LogP contribution in [0.25, 0.3) is 0 Å². The third-order valence-electron chi connectivity index (χ3n) is 2.93. The summed E-state index contributed by atoms with van der Waals surface area (Å²) in [6, 6.07) is 8.47. The van der Waals surface area contributed by atoms with Crippen LogP contribution in [0.3, 0.4) is 0 Å². The SMILES string of the molecule is Cc1cc(C)c(C(N)c2ccc(Br)cc2C)s1. The van der Waals surface area contributed by atoms with E-state index in [9.17, 15) is 0 Å². The summed E-state index contributed by atoms with van der Waals surface area (Å²) in [6.45, 7) is 6.37. The molecule has 1 aromatic carbocycles. The number of aryl methyl sites for hydroxylation is 3. The summed E-state index contributed by atoms with van der Waals surface area (Å²) in [5.41, 5.74) is 10.1. The van der Waals surface area contributed by atoms with Crippen LogP contribution in [-0.2, 0) is 0 Å². The van der Waals surface area contributed by atoms with Gasteiger partial charge in [-0.2, -0.15) is 0 Å². The Hall–Kier alpha value is -0.640. The average molecular weight is 310 g/mol. The molecule has 1 atom stereocenters. The molecule has 0 radical (unpaired) electrons. The van der Waals surface area contributed by atoms with Crippen molar-refractivity contribution in [2.24, 2.45) is 5.73 Å². The number of rotatable bonds is 2. The van der Waals surface area contributed by atoms with Gasteiger partial charge < -0.3 is 5.73 Å². The van der Waals surface area contributed by atoms with Crippen molar-refractivity contribution in [3.8, 4) is 0 Å². The van der Waals surface area contributed by atoms with Crippen molar-refractivity contribution in [3.63, 3.8) is 0 Å². The van der Waals surface area contributed by atoms with E-state index < -0.39 is 0 Å². The predicted molar refractivity (Wildman–Crippen MR) is 78.7 cm³/mol. The normalized spacial score (nSPS) is 12.8. The molecule has 1 aromatic heterocycles. The first kappa shape index (κ1) is 12.8. The molecule has 17 heavy (non-hydrogen) atoms. The molecule has 2 aromatic rings. The molecule has 0 amide bonds. The number of halogens is 1. The third kappa shape index (κ3) is 2.62. The lowest BCUT2D eigenvalue weighted by Gasteiger charge is -2.14. The Morgan fingerprint density at radius 1 is 1.12 bits per heavy atom. The summed E-state index contributed by atoms with van der Waals surface area (Å²) in [4.78, 5) is 2.59. The van der Waals surface area contributed by atoms with E-state index in [1.54, 1.807) is 11.3 Å². The Bertz CT molecular complexity index is 545. The highest BCUT2D eigenvalue weighted by atomic mass is 79.9. The molecule has 1 heterocycles. The largest absolute Gasteiger partial charge is 0.320 e. The zero-order valence-electron chi connectivity index (χ0n) is 10.3. The van der Waals surface area contributed by atoms with Crippen molar-refractivity contribution in [2.45, 2.75) is 26.8 Å². The van der Waals surface area contributed by atoms with Crippen molar-refractivity contribution < 1.29 is 0 Å². The monoisotopic (exact) mass is 309 g/mol. The van der Waals surface area contributed by atoms with Gasteiger partial charge in [0.25, 0.3) is 0 Å². The second kappa shape index (κ2) is 4.92. The molecule has 0 fully saturated rings. The van der Waals surface area contributed by atoms with Gasteiger partial charge in [0.05, 0.1) is 6.04 Å². The van der Waals surface area contributed by atoms with Crippen LogP contribution in [0, 0.1) is 20.8 Å². The van der Waals surface area contributed by atoms with Gasteiger partial charge in [0.1, 0.15) is 0 Å². The molecule has 0 spiro atoms. The minimum Gasteiger partial charge on any atom is -0.320 e. The smallest absolute Gasteiger partial charge is 0.0651 e. The van der Waals surface area contributed by atoms with Crippen LogP contribution in [0.1, 0.15) is 32.5 Å². The molecule has 0 aliphatic rings. The molecule has 2 rings (SSSR count). The molecule has 2 N–H and O–H groups in total. The fourth-order valence-electron chi connectivity index (χ4n) is 2.10. The summed E-state index contributed by atoms with van der Waals surface area (Å²) in [7, 11) is 0. The van der Waals surface area contributed by atoms with Gasteiger partial charge in [0.15, 0.2) is 0 Å². The molecule has 0 saturated heterocycles. The molecule has 0 aliphatic heterocycles. The van der Waals surface area contributed by atoms with Crippen molar-refractivity contribution in [1.29, 1.82) is 0 Å². The minimum atomic E-state index is -0.0122. The zero-order chi connectivity index (χ0) is 12.6. The van der Waals surface area contributed by atoms with E-state index in [0.29, 0.717) is 0 Å². The van der Waals surface area contributed by atoms with Crippen LogP contribution in [0.5, 0.6) is 0 Å². The maximum Gasteiger partial charge on any atom is 0.0651 e. The fourth-order valence-corrected chi connectivity index (χ4v) is 3.63. The maximum atomic E-state index is 6.38. The average Bonchev–Trinajstić information content (AvgIpc) is 2.57. The van der Waals surface area contributed by atoms with Crippen LogP contribution in [0.4, 0.5) is 0 Å². The van der Waals surface area contributed by atoms with Gasteiger partial charge >= 0.3 is 0 Å². The Balaban J connectivity index is 2.43. The topological polar surface area (TPSA) is 26.0 Å². The molecule has 1 nitrogen and oxygen atoms in total. The van der Waals surface area contributed by atoms with E-state index >= 15 is 0 Å². The molecular weight excluding hydrogens is 294 g/mol. The van der Waals surface area contributed by atoms with E-state index in [1.165, 1.54) is 26.4 Å². The van der Waals surface area contributed by atoms with Crippen LogP contribution in [0.2, 0.25) is 0 Å². The molecular formula is C14H16BrNS. The van der Waals surface area contributed by atoms with E-state index in [1.807, 2.05) is 0 Å². The van der Waals surface area contributed by atoms with Crippen LogP contribution in [-0.4, -0.2) is 0 Å². The van der Waals surface area contributed by atoms with Crippen LogP contribution < -0.4 is 5.73 Å². The lowest BCUT2D eigenvalue weighted by Crippen LogP contribution is -2.12. The summed E-state index contributed by atoms with van der Waals surface area (Å²) >= 11 is 5.28. The molecule has 1 unspecified atom stereocenters. The number of hydrogen-bond donors (Lipinski definition) is 1. The minimum absolute atomic E-state index is 0.0122. The standard InChI is InChI=1S/C14H16BrNS/c1-8-7-11(15)4-5-12(8)13(16)14-9(2)6-10(3)17-14/h4-7,13H,16H2,1-3H3. The second-order valence-electron chi connectivity index (χ2n) is 4.38. The summed E-state index contributed by atoms with van der Waals surface area (Å²) in [5, 5.41) is 0. The predicted octanol–water partition coefficient (Wildman–Crippen LogP) is 4.48. The highest BCUT2D eigenvalue weighted by Gasteiger charge is 2.15. The van der Waals surface area contributed by atoms with Crippen molar-refractivity contribution >= 4 is 27.3 Å². The first-order valence-corrected chi connectivity index (χ1v) is 7.18. The summed E-state index contributed by atoms with van der Waals surface area (Å²) < 4.78 is 1.10. The highest BCUT2D eigenvalue weighted by molar-refractivity contribution is 9.10. The van der Waals surface area contributed by atoms with Gasteiger partial charge in [-0.3, -0.25) is 0 Å². The van der Waals surface area contributed by atoms with E-state index in [0.717, 1.165) is 4.47 Å². The molecule has 0 aliphatic carbocycles. The lowest BCUT2D eigenvalue weighted by molar-refractivity contribution is 0.874. The molecule has 90 valence electrons.